The number of ether oxygens (including phenoxy) is 3. The van der Waals surface area contributed by atoms with Gasteiger partial charge in [-0.25, -0.2) is 9.50 Å². The van der Waals surface area contributed by atoms with Crippen molar-refractivity contribution in [3.8, 4) is 22.6 Å². The van der Waals surface area contributed by atoms with Crippen LogP contribution in [-0.2, 0) is 17.8 Å². The summed E-state index contributed by atoms with van der Waals surface area (Å²) in [5.41, 5.74) is 5.87. The average molecular weight is 444 g/mol. The average Bonchev–Trinajstić information content (AvgIpc) is 3.22. The fourth-order valence-corrected chi connectivity index (χ4v) is 4.63. The van der Waals surface area contributed by atoms with Gasteiger partial charge in [0.05, 0.1) is 43.3 Å². The van der Waals surface area contributed by atoms with Gasteiger partial charge in [0.2, 0.25) is 0 Å². The maximum atomic E-state index is 13.0. The van der Waals surface area contributed by atoms with E-state index in [-0.39, 0.29) is 11.7 Å². The number of carbonyl (C=O) groups excluding carboxylic acids is 1. The minimum Gasteiger partial charge on any atom is -0.493 e. The second kappa shape index (κ2) is 8.67. The highest BCUT2D eigenvalue weighted by atomic mass is 16.5. The fraction of sp³-hybridized carbons (Fsp3) is 0.269. The lowest BCUT2D eigenvalue weighted by Crippen LogP contribution is -2.22. The Labute approximate surface area is 191 Å². The van der Waals surface area contributed by atoms with Crippen LogP contribution in [0.25, 0.3) is 16.8 Å². The van der Waals surface area contributed by atoms with Crippen molar-refractivity contribution in [2.75, 3.05) is 21.3 Å². The zero-order valence-corrected chi connectivity index (χ0v) is 18.9. The number of aromatic nitrogens is 3. The summed E-state index contributed by atoms with van der Waals surface area (Å²) in [6.07, 6.45) is 2.87. The number of rotatable bonds is 6. The van der Waals surface area contributed by atoms with Gasteiger partial charge in [-0.05, 0) is 35.6 Å². The molecule has 0 amide bonds. The van der Waals surface area contributed by atoms with Gasteiger partial charge in [0.15, 0.2) is 22.9 Å². The molecule has 2 aromatic carbocycles. The summed E-state index contributed by atoms with van der Waals surface area (Å²) in [4.78, 5) is 17.7. The van der Waals surface area contributed by atoms with Gasteiger partial charge in [-0.3, -0.25) is 4.79 Å². The lowest BCUT2D eigenvalue weighted by Gasteiger charge is -2.24. The van der Waals surface area contributed by atoms with E-state index in [2.05, 4.69) is 17.1 Å². The van der Waals surface area contributed by atoms with Gasteiger partial charge in [-0.2, -0.15) is 5.10 Å². The van der Waals surface area contributed by atoms with Crippen LogP contribution in [0.4, 0.5) is 0 Å². The summed E-state index contributed by atoms with van der Waals surface area (Å²) in [6, 6.07) is 15.9. The number of nitrogens with zero attached hydrogens (tertiary/aromatic N) is 3. The minimum absolute atomic E-state index is 0.0935. The second-order valence-corrected chi connectivity index (χ2v) is 8.12. The summed E-state index contributed by atoms with van der Waals surface area (Å²) in [6.45, 7) is 0.317. The van der Waals surface area contributed by atoms with Gasteiger partial charge in [-0.15, -0.1) is 0 Å². The van der Waals surface area contributed by atoms with E-state index in [1.54, 1.807) is 27.5 Å². The Morgan fingerprint density at radius 1 is 1.00 bits per heavy atom. The van der Waals surface area contributed by atoms with Crippen LogP contribution in [0.3, 0.4) is 0 Å². The highest BCUT2D eigenvalue weighted by Crippen LogP contribution is 2.38. The predicted molar refractivity (Wildman–Crippen MR) is 124 cm³/mol. The van der Waals surface area contributed by atoms with Gasteiger partial charge in [0, 0.05) is 19.7 Å². The molecule has 33 heavy (non-hydrogen) atoms. The van der Waals surface area contributed by atoms with E-state index in [9.17, 15) is 4.79 Å². The number of benzene rings is 2. The van der Waals surface area contributed by atoms with E-state index in [0.717, 1.165) is 28.1 Å². The van der Waals surface area contributed by atoms with Crippen LogP contribution in [-0.4, -0.2) is 41.7 Å². The molecule has 5 rings (SSSR count). The lowest BCUT2D eigenvalue weighted by atomic mass is 9.82. The standard InChI is InChI=1S/C26H25N3O4/c1-31-15-20-25(17-9-10-23(32-2)24(13-17)33-3)26-27-14-19-21(29(26)28-20)11-18(12-22(19)30)16-7-5-4-6-8-16/h4-10,13-14,18H,11-12,15H2,1-3H3. The van der Waals surface area contributed by atoms with E-state index in [4.69, 9.17) is 19.3 Å². The fourth-order valence-electron chi connectivity index (χ4n) is 4.63. The summed E-state index contributed by atoms with van der Waals surface area (Å²) >= 11 is 0. The van der Waals surface area contributed by atoms with Crippen LogP contribution in [0.5, 0.6) is 11.5 Å². The van der Waals surface area contributed by atoms with Crippen LogP contribution < -0.4 is 9.47 Å². The molecule has 0 fully saturated rings. The molecule has 4 aromatic rings. The van der Waals surface area contributed by atoms with Crippen LogP contribution in [0, 0.1) is 0 Å². The molecule has 0 N–H and O–H groups in total. The quantitative estimate of drug-likeness (QED) is 0.438. The highest BCUT2D eigenvalue weighted by Gasteiger charge is 2.30. The Hall–Kier alpha value is -3.71. The molecule has 168 valence electrons. The maximum absolute atomic E-state index is 13.0. The third-order valence-corrected chi connectivity index (χ3v) is 6.21. The number of Topliss-reactive ketones (excluding diaryl/α,β-unsaturated/α-hetero) is 1. The molecule has 1 unspecified atom stereocenters. The largest absolute Gasteiger partial charge is 0.493 e. The van der Waals surface area contributed by atoms with Crippen molar-refractivity contribution >= 4 is 11.4 Å². The molecule has 7 heteroatoms. The molecule has 0 radical (unpaired) electrons. The van der Waals surface area contributed by atoms with Crippen LogP contribution in [0.15, 0.2) is 54.7 Å². The number of carbonyl (C=O) groups is 1. The van der Waals surface area contributed by atoms with Crippen LogP contribution in [0.2, 0.25) is 0 Å². The van der Waals surface area contributed by atoms with Crippen molar-refractivity contribution in [2.45, 2.75) is 25.4 Å². The van der Waals surface area contributed by atoms with Crippen molar-refractivity contribution in [1.82, 2.24) is 14.6 Å². The Kier molecular flexibility index (Phi) is 5.56. The second-order valence-electron chi connectivity index (χ2n) is 8.12. The highest BCUT2D eigenvalue weighted by molar-refractivity contribution is 5.99. The number of methoxy groups -OCH3 is 3. The van der Waals surface area contributed by atoms with Gasteiger partial charge < -0.3 is 14.2 Å². The Bertz CT molecular complexity index is 1330. The van der Waals surface area contributed by atoms with Crippen LogP contribution in [0.1, 0.15) is 39.6 Å². The summed E-state index contributed by atoms with van der Waals surface area (Å²) in [5.74, 6) is 1.47. The van der Waals surface area contributed by atoms with Crippen LogP contribution >= 0.6 is 0 Å². The number of ketones is 1. The zero-order chi connectivity index (χ0) is 22.9. The molecule has 7 nitrogen and oxygen atoms in total. The van der Waals surface area contributed by atoms with Crippen molar-refractivity contribution in [1.29, 1.82) is 0 Å². The number of fused-ring (bicyclic) bond motifs is 3. The van der Waals surface area contributed by atoms with Crippen molar-refractivity contribution in [3.63, 3.8) is 0 Å². The zero-order valence-electron chi connectivity index (χ0n) is 18.9. The number of hydrogen-bond acceptors (Lipinski definition) is 6. The molecule has 0 spiro atoms. The third kappa shape index (κ3) is 3.64. The van der Waals surface area contributed by atoms with E-state index < -0.39 is 0 Å². The van der Waals surface area contributed by atoms with E-state index in [1.165, 1.54) is 0 Å². The molecule has 1 aliphatic rings. The first-order chi connectivity index (χ1) is 16.1. The first-order valence-corrected chi connectivity index (χ1v) is 10.8. The smallest absolute Gasteiger partial charge is 0.166 e. The normalized spacial score (nSPS) is 15.5. The summed E-state index contributed by atoms with van der Waals surface area (Å²) in [5, 5.41) is 4.86. The molecule has 2 heterocycles. The van der Waals surface area contributed by atoms with Gasteiger partial charge >= 0.3 is 0 Å². The molecule has 0 bridgehead atoms. The van der Waals surface area contributed by atoms with Gasteiger partial charge in [-0.1, -0.05) is 36.4 Å². The van der Waals surface area contributed by atoms with E-state index in [1.807, 2.05) is 40.9 Å². The van der Waals surface area contributed by atoms with Gasteiger partial charge in [0.25, 0.3) is 0 Å². The molecule has 0 aliphatic heterocycles. The van der Waals surface area contributed by atoms with E-state index >= 15 is 0 Å². The maximum Gasteiger partial charge on any atom is 0.166 e. The minimum atomic E-state index is 0.0935. The molecule has 1 atom stereocenters. The SMILES string of the molecule is COCc1nn2c3c(cnc2c1-c1ccc(OC)c(OC)c1)C(=O)CC(c1ccccc1)C3. The summed E-state index contributed by atoms with van der Waals surface area (Å²) in [7, 11) is 4.86. The molecule has 0 saturated heterocycles. The first-order valence-electron chi connectivity index (χ1n) is 10.8. The van der Waals surface area contributed by atoms with E-state index in [0.29, 0.717) is 42.2 Å². The Morgan fingerprint density at radius 2 is 1.79 bits per heavy atom. The molecule has 0 saturated carbocycles. The third-order valence-electron chi connectivity index (χ3n) is 6.21. The monoisotopic (exact) mass is 443 g/mol. The van der Waals surface area contributed by atoms with Gasteiger partial charge in [0.1, 0.15) is 0 Å². The van der Waals surface area contributed by atoms with Crippen molar-refractivity contribution < 1.29 is 19.0 Å². The number of hydrogen-bond donors (Lipinski definition) is 0. The Balaban J connectivity index is 1.69. The molecular weight excluding hydrogens is 418 g/mol. The predicted octanol–water partition coefficient (Wildman–Crippen LogP) is 4.47. The molecule has 1 aliphatic carbocycles. The van der Waals surface area contributed by atoms with Crippen molar-refractivity contribution in [3.05, 3.63) is 77.2 Å². The van der Waals surface area contributed by atoms with Crippen molar-refractivity contribution in [2.24, 2.45) is 0 Å². The summed E-state index contributed by atoms with van der Waals surface area (Å²) < 4.78 is 18.2. The lowest BCUT2D eigenvalue weighted by molar-refractivity contribution is 0.0962. The Morgan fingerprint density at radius 3 is 2.52 bits per heavy atom. The molecular formula is C26H25N3O4. The topological polar surface area (TPSA) is 75.0 Å². The molecule has 2 aromatic heterocycles. The first kappa shape index (κ1) is 21.2.